The largest absolute Gasteiger partial charge is 0.387 e. The predicted octanol–water partition coefficient (Wildman–Crippen LogP) is 13.3. The Labute approximate surface area is 314 Å². The molecular weight excluding hydrogens is 655 g/mol. The monoisotopic (exact) mass is 689 g/mol. The highest BCUT2D eigenvalue weighted by atomic mass is 15.2. The van der Waals surface area contributed by atoms with E-state index in [1.165, 1.54) is 77.4 Å². The minimum Gasteiger partial charge on any atom is -0.387 e. The van der Waals surface area contributed by atoms with Gasteiger partial charge in [-0.2, -0.15) is 0 Å². The molecule has 1 aromatic heterocycles. The van der Waals surface area contributed by atoms with Crippen molar-refractivity contribution in [1.82, 2.24) is 9.88 Å². The van der Waals surface area contributed by atoms with Gasteiger partial charge in [-0.05, 0) is 98.9 Å². The summed E-state index contributed by atoms with van der Waals surface area (Å²) >= 11 is 0. The zero-order valence-electron chi connectivity index (χ0n) is 29.6. The summed E-state index contributed by atoms with van der Waals surface area (Å²) in [5.41, 5.74) is 18.2. The number of benzene rings is 8. The fourth-order valence-corrected chi connectivity index (χ4v) is 8.71. The summed E-state index contributed by atoms with van der Waals surface area (Å²) in [4.78, 5) is 2.46. The number of rotatable bonds is 4. The van der Waals surface area contributed by atoms with E-state index < -0.39 is 0 Å². The topological polar surface area (TPSA) is 20.2 Å². The summed E-state index contributed by atoms with van der Waals surface area (Å²) in [7, 11) is 0. The number of nitrogens with zero attached hydrogens (tertiary/aromatic N) is 2. The van der Waals surface area contributed by atoms with Gasteiger partial charge in [0.25, 0.3) is 0 Å². The maximum absolute atomic E-state index is 3.39. The molecule has 254 valence electrons. The van der Waals surface area contributed by atoms with Gasteiger partial charge in [0.2, 0.25) is 0 Å². The van der Waals surface area contributed by atoms with E-state index in [0.29, 0.717) is 0 Å². The van der Waals surface area contributed by atoms with Crippen molar-refractivity contribution in [3.63, 3.8) is 0 Å². The van der Waals surface area contributed by atoms with Crippen molar-refractivity contribution >= 4 is 44.8 Å². The molecular formula is C51H35N3. The summed E-state index contributed by atoms with van der Waals surface area (Å²) < 4.78 is 2.48. The Hall–Kier alpha value is -7.10. The van der Waals surface area contributed by atoms with Crippen LogP contribution in [0.25, 0.3) is 78.1 Å². The normalized spacial score (nSPS) is 12.8. The lowest BCUT2D eigenvalue weighted by Gasteiger charge is -2.28. The van der Waals surface area contributed by atoms with E-state index in [1.807, 2.05) is 6.20 Å². The fraction of sp³-hybridized carbons (Fsp3) is 0.0196. The van der Waals surface area contributed by atoms with Crippen molar-refractivity contribution in [3.05, 3.63) is 199 Å². The number of hydrogen-bond donors (Lipinski definition) is 1. The van der Waals surface area contributed by atoms with Crippen LogP contribution < -0.4 is 10.2 Å². The zero-order valence-corrected chi connectivity index (χ0v) is 29.6. The van der Waals surface area contributed by atoms with Crippen LogP contribution in [0.2, 0.25) is 0 Å². The van der Waals surface area contributed by atoms with Gasteiger partial charge in [0.15, 0.2) is 0 Å². The molecule has 0 unspecified atom stereocenters. The average Bonchev–Trinajstić information content (AvgIpc) is 3.52. The molecule has 0 saturated heterocycles. The molecule has 0 aliphatic carbocycles. The molecule has 54 heavy (non-hydrogen) atoms. The lowest BCUT2D eigenvalue weighted by molar-refractivity contribution is 0.861. The number of hydrogen-bond acceptors (Lipinski definition) is 2. The molecule has 0 amide bonds. The summed E-state index contributed by atoms with van der Waals surface area (Å²) in [6, 6.07) is 66.8. The third kappa shape index (κ3) is 4.76. The molecule has 0 saturated carbocycles. The Morgan fingerprint density at radius 2 is 1.17 bits per heavy atom. The quantitative estimate of drug-likeness (QED) is 0.198. The number of anilines is 3. The van der Waals surface area contributed by atoms with E-state index in [0.717, 1.165) is 29.3 Å². The van der Waals surface area contributed by atoms with Gasteiger partial charge in [-0.1, -0.05) is 140 Å². The lowest BCUT2D eigenvalue weighted by Crippen LogP contribution is -2.11. The molecule has 2 aliphatic heterocycles. The molecule has 0 atom stereocenters. The SMILES string of the molecule is C1=Cc2cccc(-c3ccc(-c4cccc(N5c6ccccc6-c6c(n(-c7ccc8ccccc8c7)c7ccccc67)-c6ccccc65)c4)cc3)c2CN1. The predicted molar refractivity (Wildman–Crippen MR) is 227 cm³/mol. The van der Waals surface area contributed by atoms with Gasteiger partial charge in [0.1, 0.15) is 0 Å². The smallest absolute Gasteiger partial charge is 0.0641 e. The van der Waals surface area contributed by atoms with Crippen molar-refractivity contribution in [2.75, 3.05) is 4.90 Å². The highest BCUT2D eigenvalue weighted by Crippen LogP contribution is 2.54. The number of aromatic nitrogens is 1. The van der Waals surface area contributed by atoms with Crippen LogP contribution in [-0.4, -0.2) is 4.57 Å². The van der Waals surface area contributed by atoms with Gasteiger partial charge >= 0.3 is 0 Å². The van der Waals surface area contributed by atoms with Gasteiger partial charge in [0.05, 0.1) is 22.6 Å². The minimum absolute atomic E-state index is 0.842. The Balaban J connectivity index is 1.09. The van der Waals surface area contributed by atoms with Crippen molar-refractivity contribution in [2.45, 2.75) is 6.54 Å². The summed E-state index contributed by atoms with van der Waals surface area (Å²) in [6.45, 7) is 0.842. The second-order valence-electron chi connectivity index (χ2n) is 14.2. The van der Waals surface area contributed by atoms with Gasteiger partial charge in [-0.15, -0.1) is 0 Å². The summed E-state index contributed by atoms with van der Waals surface area (Å²) in [6.07, 6.45) is 4.19. The van der Waals surface area contributed by atoms with Gasteiger partial charge in [-0.25, -0.2) is 0 Å². The molecule has 0 bridgehead atoms. The van der Waals surface area contributed by atoms with Crippen molar-refractivity contribution < 1.29 is 0 Å². The molecule has 11 rings (SSSR count). The van der Waals surface area contributed by atoms with Crippen LogP contribution in [0.15, 0.2) is 188 Å². The minimum atomic E-state index is 0.842. The molecule has 9 aromatic rings. The van der Waals surface area contributed by atoms with Gasteiger partial charge < -0.3 is 14.8 Å². The molecule has 3 nitrogen and oxygen atoms in total. The molecule has 3 heteroatoms. The average molecular weight is 690 g/mol. The first-order chi connectivity index (χ1) is 26.8. The highest BCUT2D eigenvalue weighted by Gasteiger charge is 2.31. The summed E-state index contributed by atoms with van der Waals surface area (Å²) in [5.74, 6) is 0. The lowest BCUT2D eigenvalue weighted by atomic mass is 9.93. The molecule has 2 aliphatic rings. The van der Waals surface area contributed by atoms with Crippen LogP contribution in [-0.2, 0) is 6.54 Å². The zero-order chi connectivity index (χ0) is 35.6. The Bertz CT molecular complexity index is 2950. The van der Waals surface area contributed by atoms with Crippen molar-refractivity contribution in [1.29, 1.82) is 0 Å². The van der Waals surface area contributed by atoms with Crippen molar-refractivity contribution in [3.8, 4) is 50.3 Å². The van der Waals surface area contributed by atoms with E-state index in [9.17, 15) is 0 Å². The molecule has 0 radical (unpaired) electrons. The Morgan fingerprint density at radius 1 is 0.463 bits per heavy atom. The van der Waals surface area contributed by atoms with E-state index in [-0.39, 0.29) is 0 Å². The van der Waals surface area contributed by atoms with Crippen LogP contribution in [0.5, 0.6) is 0 Å². The Morgan fingerprint density at radius 3 is 2.06 bits per heavy atom. The third-order valence-electron chi connectivity index (χ3n) is 11.2. The second-order valence-corrected chi connectivity index (χ2v) is 14.2. The van der Waals surface area contributed by atoms with Crippen LogP contribution in [0, 0.1) is 0 Å². The van der Waals surface area contributed by atoms with Crippen LogP contribution in [0.3, 0.4) is 0 Å². The molecule has 0 spiro atoms. The number of nitrogens with one attached hydrogen (secondary N) is 1. The molecule has 0 fully saturated rings. The highest BCUT2D eigenvalue weighted by molar-refractivity contribution is 6.13. The first-order valence-electron chi connectivity index (χ1n) is 18.6. The van der Waals surface area contributed by atoms with E-state index in [2.05, 4.69) is 203 Å². The van der Waals surface area contributed by atoms with Gasteiger partial charge in [-0.3, -0.25) is 0 Å². The first-order valence-corrected chi connectivity index (χ1v) is 18.6. The molecule has 3 heterocycles. The van der Waals surface area contributed by atoms with Crippen LogP contribution >= 0.6 is 0 Å². The van der Waals surface area contributed by atoms with E-state index in [4.69, 9.17) is 0 Å². The van der Waals surface area contributed by atoms with Crippen LogP contribution in [0.1, 0.15) is 11.1 Å². The first kappa shape index (κ1) is 30.5. The number of fused-ring (bicyclic) bond motifs is 9. The fourth-order valence-electron chi connectivity index (χ4n) is 8.71. The standard InChI is InChI=1S/C51H35N3/c1-2-12-38-32-41(28-27-34(38)11-1)54-48-21-7-4-17-44(48)50-43-16-3-6-20-47(43)53(49-22-8-5-18-45(49)51(50)54)40-15-9-14-39(31-40)35-23-25-37(26-24-35)42-19-10-13-36-29-30-52-33-46(36)42/h1-32,52H,33H2. The van der Waals surface area contributed by atoms with Gasteiger partial charge in [0, 0.05) is 40.0 Å². The third-order valence-corrected chi connectivity index (χ3v) is 11.2. The van der Waals surface area contributed by atoms with Crippen molar-refractivity contribution in [2.24, 2.45) is 0 Å². The molecule has 1 N–H and O–H groups in total. The second kappa shape index (κ2) is 12.3. The Kier molecular flexibility index (Phi) is 6.93. The van der Waals surface area contributed by atoms with E-state index >= 15 is 0 Å². The maximum atomic E-state index is 3.39. The maximum Gasteiger partial charge on any atom is 0.0641 e. The number of para-hydroxylation sites is 3. The van der Waals surface area contributed by atoms with Crippen LogP contribution in [0.4, 0.5) is 17.1 Å². The molecule has 8 aromatic carbocycles. The van der Waals surface area contributed by atoms with E-state index in [1.54, 1.807) is 0 Å². The summed E-state index contributed by atoms with van der Waals surface area (Å²) in [5, 5.41) is 7.10.